The van der Waals surface area contributed by atoms with Crippen molar-refractivity contribution in [3.8, 4) is 39.8 Å². The second kappa shape index (κ2) is 16.4. The van der Waals surface area contributed by atoms with Gasteiger partial charge in [-0.1, -0.05) is 54.6 Å². The van der Waals surface area contributed by atoms with Gasteiger partial charge in [-0.2, -0.15) is 9.10 Å². The molecule has 55 heavy (non-hydrogen) atoms. The van der Waals surface area contributed by atoms with Gasteiger partial charge in [0, 0.05) is 25.3 Å². The van der Waals surface area contributed by atoms with Crippen LogP contribution in [0.3, 0.4) is 0 Å². The highest BCUT2D eigenvalue weighted by molar-refractivity contribution is 7.90. The summed E-state index contributed by atoms with van der Waals surface area (Å²) in [7, 11) is 0.0826. The van der Waals surface area contributed by atoms with Crippen LogP contribution >= 0.6 is 0 Å². The molecule has 284 valence electrons. The molecule has 0 saturated heterocycles. The lowest BCUT2D eigenvalue weighted by Crippen LogP contribution is -2.31. The van der Waals surface area contributed by atoms with Gasteiger partial charge in [0.1, 0.15) is 22.1 Å². The highest BCUT2D eigenvalue weighted by Crippen LogP contribution is 2.43. The van der Waals surface area contributed by atoms with Gasteiger partial charge in [-0.15, -0.1) is 10.2 Å². The molecule has 15 heteroatoms. The Hall–Kier alpha value is -5.61. The minimum absolute atomic E-state index is 0.00963. The first-order valence-electron chi connectivity index (χ1n) is 17.5. The number of fused-ring (bicyclic) bond motifs is 1. The zero-order valence-corrected chi connectivity index (χ0v) is 32.1. The predicted molar refractivity (Wildman–Crippen MR) is 209 cm³/mol. The molecule has 1 unspecified atom stereocenters. The van der Waals surface area contributed by atoms with Crippen LogP contribution in [0.5, 0.6) is 17.2 Å². The van der Waals surface area contributed by atoms with Gasteiger partial charge in [0.25, 0.3) is 0 Å². The quantitative estimate of drug-likeness (QED) is 0.118. The summed E-state index contributed by atoms with van der Waals surface area (Å²) in [5, 5.41) is 16.9. The van der Waals surface area contributed by atoms with Crippen LogP contribution in [-0.4, -0.2) is 69.6 Å². The van der Waals surface area contributed by atoms with E-state index in [4.69, 9.17) is 19.3 Å². The molecule has 7 rings (SSSR count). The van der Waals surface area contributed by atoms with Gasteiger partial charge in [0.2, 0.25) is 15.8 Å². The molecular weight excluding hydrogens is 741 g/mol. The van der Waals surface area contributed by atoms with E-state index in [9.17, 15) is 8.76 Å². The number of benzene rings is 5. The van der Waals surface area contributed by atoms with Crippen molar-refractivity contribution in [3.63, 3.8) is 0 Å². The summed E-state index contributed by atoms with van der Waals surface area (Å²) in [4.78, 5) is 0.690. The van der Waals surface area contributed by atoms with E-state index < -0.39 is 21.1 Å². The number of hydrogen-bond acceptors (Lipinski definition) is 10. The Morgan fingerprint density at radius 3 is 1.93 bits per heavy atom. The van der Waals surface area contributed by atoms with Crippen molar-refractivity contribution in [2.75, 3.05) is 33.2 Å². The van der Waals surface area contributed by atoms with Crippen molar-refractivity contribution in [2.45, 2.75) is 42.3 Å². The lowest BCUT2D eigenvalue weighted by molar-refractivity contribution is 0.396. The second-order valence-corrected chi connectivity index (χ2v) is 15.7. The highest BCUT2D eigenvalue weighted by atomic mass is 32.2. The van der Waals surface area contributed by atoms with E-state index in [-0.39, 0.29) is 40.8 Å². The zero-order valence-electron chi connectivity index (χ0n) is 30.5. The fourth-order valence-electron chi connectivity index (χ4n) is 6.69. The SMILES string of the molecule is COc1ccc(CN(Cc2ccc(OC)cc2)S(=O)(=O)c2c(S(=O)O)ccc(-c3cccc4c3CCCN4)c2-c2nnn(Cc3ccc(OC)cc3)n2)cc1. The van der Waals surface area contributed by atoms with Crippen molar-refractivity contribution >= 4 is 26.8 Å². The molecule has 0 bridgehead atoms. The van der Waals surface area contributed by atoms with E-state index in [1.54, 1.807) is 75.9 Å². The van der Waals surface area contributed by atoms with E-state index >= 15 is 8.42 Å². The number of rotatable bonds is 14. The molecule has 1 atom stereocenters. The molecule has 0 radical (unpaired) electrons. The number of hydrogen-bond donors (Lipinski definition) is 2. The first-order chi connectivity index (χ1) is 26.7. The van der Waals surface area contributed by atoms with Crippen LogP contribution < -0.4 is 19.5 Å². The first kappa shape index (κ1) is 37.7. The molecule has 1 aliphatic rings. The lowest BCUT2D eigenvalue weighted by Gasteiger charge is -2.26. The number of sulfonamides is 1. The van der Waals surface area contributed by atoms with Crippen molar-refractivity contribution in [2.24, 2.45) is 0 Å². The van der Waals surface area contributed by atoms with Crippen LogP contribution in [0.15, 0.2) is 113 Å². The Bertz CT molecular complexity index is 2370. The third-order valence-corrected chi connectivity index (χ3v) is 12.2. The Kier molecular flexibility index (Phi) is 11.2. The summed E-state index contributed by atoms with van der Waals surface area (Å²) in [6.45, 7) is 0.896. The fraction of sp³-hybridized carbons (Fsp3) is 0.225. The number of tetrazole rings is 1. The molecule has 6 aromatic rings. The Balaban J connectivity index is 1.44. The van der Waals surface area contributed by atoms with Crippen LogP contribution in [0.25, 0.3) is 22.5 Å². The van der Waals surface area contributed by atoms with Gasteiger partial charge in [-0.05, 0) is 100.0 Å². The maximum atomic E-state index is 15.5. The average molecular weight is 781 g/mol. The number of nitrogens with one attached hydrogen (secondary N) is 1. The fourth-order valence-corrected chi connectivity index (χ4v) is 9.35. The summed E-state index contributed by atoms with van der Waals surface area (Å²) in [6.07, 6.45) is 1.61. The summed E-state index contributed by atoms with van der Waals surface area (Å²) in [6, 6.07) is 30.4. The third-order valence-electron chi connectivity index (χ3n) is 9.49. The Morgan fingerprint density at radius 1 is 0.782 bits per heavy atom. The molecule has 0 saturated carbocycles. The molecule has 2 N–H and O–H groups in total. The van der Waals surface area contributed by atoms with Gasteiger partial charge >= 0.3 is 0 Å². The Morgan fingerprint density at radius 2 is 1.36 bits per heavy atom. The molecule has 0 amide bonds. The number of ether oxygens (including phenoxy) is 3. The number of anilines is 1. The molecule has 0 aliphatic carbocycles. The van der Waals surface area contributed by atoms with E-state index in [1.807, 2.05) is 42.5 Å². The van der Waals surface area contributed by atoms with Gasteiger partial charge in [0.05, 0.1) is 38.3 Å². The van der Waals surface area contributed by atoms with Crippen molar-refractivity contribution < 1.29 is 31.4 Å². The third kappa shape index (κ3) is 8.10. The molecule has 0 fully saturated rings. The maximum absolute atomic E-state index is 15.5. The topological polar surface area (TPSA) is 158 Å². The largest absolute Gasteiger partial charge is 0.497 e. The Labute approximate surface area is 322 Å². The van der Waals surface area contributed by atoms with Gasteiger partial charge < -0.3 is 24.1 Å². The molecule has 2 heterocycles. The molecule has 13 nitrogen and oxygen atoms in total. The summed E-state index contributed by atoms with van der Waals surface area (Å²) >= 11 is -2.73. The van der Waals surface area contributed by atoms with Crippen LogP contribution in [0.1, 0.15) is 28.7 Å². The van der Waals surface area contributed by atoms with Gasteiger partial charge in [0.15, 0.2) is 11.1 Å². The van der Waals surface area contributed by atoms with Gasteiger partial charge in [-0.25, -0.2) is 12.6 Å². The minimum atomic E-state index is -4.62. The van der Waals surface area contributed by atoms with Crippen LogP contribution in [0, 0.1) is 0 Å². The van der Waals surface area contributed by atoms with Crippen LogP contribution in [0.2, 0.25) is 0 Å². The zero-order chi connectivity index (χ0) is 38.5. The van der Waals surface area contributed by atoms with E-state index in [2.05, 4.69) is 15.6 Å². The highest BCUT2D eigenvalue weighted by Gasteiger charge is 2.36. The summed E-state index contributed by atoms with van der Waals surface area (Å²) in [5.41, 5.74) is 5.47. The van der Waals surface area contributed by atoms with Crippen LogP contribution in [0.4, 0.5) is 5.69 Å². The summed E-state index contributed by atoms with van der Waals surface area (Å²) in [5.74, 6) is 1.92. The number of aromatic nitrogens is 4. The van der Waals surface area contributed by atoms with Crippen molar-refractivity contribution in [1.82, 2.24) is 24.5 Å². The lowest BCUT2D eigenvalue weighted by atomic mass is 9.90. The number of nitrogens with zero attached hydrogens (tertiary/aromatic N) is 5. The first-order valence-corrected chi connectivity index (χ1v) is 20.0. The molecular formula is C40H40N6O7S2. The summed E-state index contributed by atoms with van der Waals surface area (Å²) < 4.78 is 72.2. The molecule has 1 aliphatic heterocycles. The van der Waals surface area contributed by atoms with Gasteiger partial charge in [-0.3, -0.25) is 0 Å². The molecule has 1 aromatic heterocycles. The standard InChI is InChI=1S/C40H40N6O7S2/c1-51-30-15-9-27(10-16-30)24-45(25-28-11-17-31(52-2)18-12-28)55(49,50)39-37(54(47)48)22-21-35(33-6-4-8-36-34(33)7-5-23-41-36)38(39)40-42-44-46(43-40)26-29-13-19-32(53-3)20-14-29/h4,6,8-22,41H,5,7,23-26H2,1-3H3,(H,47,48). The molecule has 0 spiro atoms. The monoisotopic (exact) mass is 780 g/mol. The van der Waals surface area contributed by atoms with E-state index in [0.29, 0.717) is 33.9 Å². The predicted octanol–water partition coefficient (Wildman–Crippen LogP) is 6.41. The van der Waals surface area contributed by atoms with E-state index in [0.717, 1.165) is 41.8 Å². The average Bonchev–Trinajstić information content (AvgIpc) is 3.68. The maximum Gasteiger partial charge on any atom is 0.245 e. The van der Waals surface area contributed by atoms with Crippen molar-refractivity contribution in [1.29, 1.82) is 0 Å². The second-order valence-electron chi connectivity index (χ2n) is 12.9. The smallest absolute Gasteiger partial charge is 0.245 e. The van der Waals surface area contributed by atoms with Crippen LogP contribution in [-0.2, 0) is 47.2 Å². The minimum Gasteiger partial charge on any atom is -0.497 e. The van der Waals surface area contributed by atoms with E-state index in [1.165, 1.54) is 15.2 Å². The van der Waals surface area contributed by atoms with Crippen molar-refractivity contribution in [3.05, 3.63) is 125 Å². The number of methoxy groups -OCH3 is 3. The normalized spacial score (nSPS) is 13.2. The molecule has 5 aromatic carbocycles.